The first-order chi connectivity index (χ1) is 11.5. The second-order valence-electron chi connectivity index (χ2n) is 5.30. The Hall–Kier alpha value is -2.44. The van der Waals surface area contributed by atoms with Crippen LogP contribution in [0.1, 0.15) is 52.6 Å². The topological polar surface area (TPSA) is 68.3 Å². The molecule has 6 heteroatoms. The highest BCUT2D eigenvalue weighted by Gasteiger charge is 2.29. The normalized spacial score (nSPS) is 16.2. The van der Waals surface area contributed by atoms with E-state index in [0.29, 0.717) is 45.8 Å². The van der Waals surface area contributed by atoms with Gasteiger partial charge in [0, 0.05) is 22.3 Å². The minimum atomic E-state index is -0.232. The quantitative estimate of drug-likeness (QED) is 0.763. The fraction of sp³-hybridized carbons (Fsp3) is 0. The average Bonchev–Trinajstić information content (AvgIpc) is 3.02. The molecule has 0 amide bonds. The molecular weight excluding hydrogens is 344 g/mol. The van der Waals surface area contributed by atoms with Crippen LogP contribution in [0, 0.1) is 0 Å². The smallest absolute Gasteiger partial charge is 0.227 e. The minimum Gasteiger partial charge on any atom is -0.281 e. The Morgan fingerprint density at radius 1 is 0.542 bits per heavy atom. The maximum Gasteiger partial charge on any atom is 0.227 e. The van der Waals surface area contributed by atoms with Crippen molar-refractivity contribution in [2.24, 2.45) is 0 Å². The largest absolute Gasteiger partial charge is 0.281 e. The summed E-state index contributed by atoms with van der Waals surface area (Å²) >= 11 is 1.43. The molecule has 4 nitrogen and oxygen atoms in total. The Kier molecular flexibility index (Phi) is 3.51. The van der Waals surface area contributed by atoms with Crippen LogP contribution in [-0.4, -0.2) is 20.5 Å². The number of hydrogen-bond acceptors (Lipinski definition) is 6. The molecule has 0 saturated carbocycles. The van der Waals surface area contributed by atoms with Crippen molar-refractivity contribution < 1.29 is 19.2 Å². The number of fused-ring (bicyclic) bond motifs is 2. The summed E-state index contributed by atoms with van der Waals surface area (Å²) in [6.45, 7) is 0. The highest BCUT2D eigenvalue weighted by Crippen LogP contribution is 2.32. The predicted molar refractivity (Wildman–Crippen MR) is 94.3 cm³/mol. The number of hydrogen-bond donors (Lipinski definition) is 0. The van der Waals surface area contributed by atoms with Gasteiger partial charge in [-0.25, -0.2) is 0 Å². The van der Waals surface area contributed by atoms with Gasteiger partial charge >= 0.3 is 0 Å². The molecule has 0 bridgehead atoms. The van der Waals surface area contributed by atoms with Gasteiger partial charge < -0.3 is 0 Å². The van der Waals surface area contributed by atoms with Gasteiger partial charge in [0.25, 0.3) is 0 Å². The Morgan fingerprint density at radius 2 is 0.917 bits per heavy atom. The van der Waals surface area contributed by atoms with Crippen molar-refractivity contribution in [2.75, 3.05) is 0 Å². The lowest BCUT2D eigenvalue weighted by Crippen LogP contribution is -1.91. The van der Waals surface area contributed by atoms with Crippen LogP contribution in [0.25, 0.3) is 12.2 Å². The molecule has 2 aliphatic rings. The number of rotatable bonds is 2. The SMILES string of the molecule is O=C1SC(=O)c2cc(C=Cc3ccc4c(c3)C(=O)SC4=O)ccc21. The molecule has 2 aromatic rings. The molecule has 0 atom stereocenters. The van der Waals surface area contributed by atoms with E-state index >= 15 is 0 Å². The monoisotopic (exact) mass is 352 g/mol. The van der Waals surface area contributed by atoms with Gasteiger partial charge in [0.2, 0.25) is 20.5 Å². The minimum absolute atomic E-state index is 0.218. The van der Waals surface area contributed by atoms with Crippen LogP contribution in [0.2, 0.25) is 0 Å². The van der Waals surface area contributed by atoms with Gasteiger partial charge in [-0.05, 0) is 58.9 Å². The first kappa shape index (κ1) is 15.1. The van der Waals surface area contributed by atoms with Crippen LogP contribution in [0.15, 0.2) is 36.4 Å². The third-order valence-electron chi connectivity index (χ3n) is 3.81. The third-order valence-corrected chi connectivity index (χ3v) is 5.43. The van der Waals surface area contributed by atoms with Gasteiger partial charge in [-0.2, -0.15) is 0 Å². The molecule has 0 saturated heterocycles. The summed E-state index contributed by atoms with van der Waals surface area (Å²) < 4.78 is 0. The molecule has 116 valence electrons. The molecular formula is C18H8O4S2. The highest BCUT2D eigenvalue weighted by molar-refractivity contribution is 8.28. The van der Waals surface area contributed by atoms with Crippen molar-refractivity contribution >= 4 is 56.1 Å². The van der Waals surface area contributed by atoms with Crippen LogP contribution in [-0.2, 0) is 0 Å². The van der Waals surface area contributed by atoms with E-state index in [1.807, 2.05) is 0 Å². The fourth-order valence-electron chi connectivity index (χ4n) is 2.61. The Balaban J connectivity index is 1.65. The molecule has 2 aromatic carbocycles. The zero-order valence-electron chi connectivity index (χ0n) is 12.1. The first-order valence-electron chi connectivity index (χ1n) is 7.02. The number of benzene rings is 2. The Bertz CT molecular complexity index is 909. The fourth-order valence-corrected chi connectivity index (χ4v) is 4.08. The van der Waals surface area contributed by atoms with E-state index in [2.05, 4.69) is 0 Å². The molecule has 2 heterocycles. The van der Waals surface area contributed by atoms with Gasteiger partial charge in [0.1, 0.15) is 0 Å². The molecule has 0 unspecified atom stereocenters. The second kappa shape index (κ2) is 5.58. The van der Waals surface area contributed by atoms with Crippen LogP contribution in [0.3, 0.4) is 0 Å². The zero-order chi connectivity index (χ0) is 16.8. The van der Waals surface area contributed by atoms with E-state index in [1.165, 1.54) is 0 Å². The molecule has 2 aliphatic heterocycles. The molecule has 0 fully saturated rings. The maximum atomic E-state index is 11.7. The Labute approximate surface area is 145 Å². The maximum absolute atomic E-state index is 11.7. The van der Waals surface area contributed by atoms with Gasteiger partial charge in [0.05, 0.1) is 0 Å². The summed E-state index contributed by atoms with van der Waals surface area (Å²) in [6.07, 6.45) is 3.61. The van der Waals surface area contributed by atoms with Crippen molar-refractivity contribution in [3.63, 3.8) is 0 Å². The molecule has 0 spiro atoms. The van der Waals surface area contributed by atoms with Gasteiger partial charge in [-0.3, -0.25) is 19.2 Å². The summed E-state index contributed by atoms with van der Waals surface area (Å²) in [4.78, 5) is 46.7. The summed E-state index contributed by atoms with van der Waals surface area (Å²) in [5.41, 5.74) is 3.32. The average molecular weight is 352 g/mol. The first-order valence-corrected chi connectivity index (χ1v) is 8.65. The molecule has 0 aromatic heterocycles. The number of carbonyl (C=O) groups is 4. The van der Waals surface area contributed by atoms with Crippen LogP contribution >= 0.6 is 23.5 Å². The lowest BCUT2D eigenvalue weighted by Gasteiger charge is -2.00. The summed E-state index contributed by atoms with van der Waals surface area (Å²) in [5.74, 6) is 0. The molecule has 0 radical (unpaired) electrons. The standard InChI is InChI=1S/C18H8O4S2/c19-15-11-5-3-9(7-13(11)17(21)23-15)1-2-10-4-6-12-14(8-10)18(22)24-16(12)20/h1-8H. The van der Waals surface area contributed by atoms with Crippen LogP contribution < -0.4 is 0 Å². The van der Waals surface area contributed by atoms with Crippen molar-refractivity contribution in [1.29, 1.82) is 0 Å². The predicted octanol–water partition coefficient (Wildman–Crippen LogP) is 3.91. The van der Waals surface area contributed by atoms with Crippen LogP contribution in [0.5, 0.6) is 0 Å². The second-order valence-corrected chi connectivity index (χ2v) is 7.19. The van der Waals surface area contributed by atoms with E-state index in [1.54, 1.807) is 48.6 Å². The van der Waals surface area contributed by atoms with Crippen molar-refractivity contribution in [1.82, 2.24) is 0 Å². The number of thioether (sulfide) groups is 2. The third kappa shape index (κ3) is 2.44. The van der Waals surface area contributed by atoms with Gasteiger partial charge in [-0.15, -0.1) is 0 Å². The molecule has 24 heavy (non-hydrogen) atoms. The lowest BCUT2D eigenvalue weighted by atomic mass is 10.0. The van der Waals surface area contributed by atoms with Crippen molar-refractivity contribution in [3.8, 4) is 0 Å². The highest BCUT2D eigenvalue weighted by atomic mass is 32.2. The zero-order valence-corrected chi connectivity index (χ0v) is 13.7. The summed E-state index contributed by atoms with van der Waals surface area (Å²) in [5, 5.41) is -0.900. The summed E-state index contributed by atoms with van der Waals surface area (Å²) in [6, 6.07) is 10.2. The summed E-state index contributed by atoms with van der Waals surface area (Å²) in [7, 11) is 0. The molecule has 4 rings (SSSR count). The number of carbonyl (C=O) groups excluding carboxylic acids is 4. The van der Waals surface area contributed by atoms with Gasteiger partial charge in [-0.1, -0.05) is 24.3 Å². The van der Waals surface area contributed by atoms with Crippen molar-refractivity contribution in [3.05, 3.63) is 69.8 Å². The van der Waals surface area contributed by atoms with E-state index in [-0.39, 0.29) is 20.5 Å². The van der Waals surface area contributed by atoms with Gasteiger partial charge in [0.15, 0.2) is 0 Å². The van der Waals surface area contributed by atoms with E-state index < -0.39 is 0 Å². The Morgan fingerprint density at radius 3 is 1.33 bits per heavy atom. The van der Waals surface area contributed by atoms with E-state index in [4.69, 9.17) is 0 Å². The molecule has 0 N–H and O–H groups in total. The molecule has 0 aliphatic carbocycles. The van der Waals surface area contributed by atoms with E-state index in [9.17, 15) is 19.2 Å². The van der Waals surface area contributed by atoms with E-state index in [0.717, 1.165) is 11.1 Å². The van der Waals surface area contributed by atoms with Crippen molar-refractivity contribution in [2.45, 2.75) is 0 Å². The lowest BCUT2D eigenvalue weighted by molar-refractivity contribution is 0.107. The van der Waals surface area contributed by atoms with Crippen LogP contribution in [0.4, 0.5) is 0 Å².